The van der Waals surface area contributed by atoms with E-state index in [2.05, 4.69) is 27.3 Å². The summed E-state index contributed by atoms with van der Waals surface area (Å²) < 4.78 is 6.57. The Kier molecular flexibility index (Phi) is 4.31. The van der Waals surface area contributed by atoms with Gasteiger partial charge in [0.1, 0.15) is 5.60 Å². The third-order valence-electron chi connectivity index (χ3n) is 3.23. The number of esters is 1. The molecule has 0 radical (unpaired) electrons. The average molecular weight is 326 g/mol. The van der Waals surface area contributed by atoms with Crippen LogP contribution in [-0.2, 0) is 9.53 Å². The van der Waals surface area contributed by atoms with Crippen LogP contribution in [0.3, 0.4) is 0 Å². The minimum atomic E-state index is -0.432. The van der Waals surface area contributed by atoms with Crippen molar-refractivity contribution in [2.24, 2.45) is 5.92 Å². The van der Waals surface area contributed by atoms with E-state index in [9.17, 15) is 4.79 Å². The molecule has 0 spiro atoms. The van der Waals surface area contributed by atoms with Crippen LogP contribution in [0, 0.1) is 5.92 Å². The number of hydrogen-bond donors (Lipinski definition) is 1. The Balaban J connectivity index is 2.18. The minimum absolute atomic E-state index is 0.113. The zero-order chi connectivity index (χ0) is 14.0. The first-order valence-corrected chi connectivity index (χ1v) is 7.36. The molecule has 0 amide bonds. The molecule has 0 bridgehead atoms. The monoisotopic (exact) mass is 325 g/mol. The lowest BCUT2D eigenvalue weighted by molar-refractivity contribution is -0.159. The lowest BCUT2D eigenvalue weighted by Gasteiger charge is -2.25. The third-order valence-corrected chi connectivity index (χ3v) is 3.95. The standard InChI is InChI=1S/C15H20BrNO2/c1-15(2,3)19-14(18)12-9-17-8-11(12)10-6-4-5-7-13(10)16/h4-7,11-12,17H,8-9H2,1-3H3/t11-,12+/m0/s1. The summed E-state index contributed by atoms with van der Waals surface area (Å²) in [6.45, 7) is 7.20. The van der Waals surface area contributed by atoms with E-state index in [-0.39, 0.29) is 17.8 Å². The third kappa shape index (κ3) is 3.57. The van der Waals surface area contributed by atoms with Crippen molar-refractivity contribution in [3.8, 4) is 0 Å². The Morgan fingerprint density at radius 2 is 2.00 bits per heavy atom. The van der Waals surface area contributed by atoms with E-state index >= 15 is 0 Å². The van der Waals surface area contributed by atoms with Crippen molar-refractivity contribution >= 4 is 21.9 Å². The van der Waals surface area contributed by atoms with Gasteiger partial charge in [0.2, 0.25) is 0 Å². The zero-order valence-electron chi connectivity index (χ0n) is 11.6. The molecule has 2 atom stereocenters. The first-order valence-electron chi connectivity index (χ1n) is 6.56. The summed E-state index contributed by atoms with van der Waals surface area (Å²) in [4.78, 5) is 12.3. The molecule has 1 saturated heterocycles. The highest BCUT2D eigenvalue weighted by Gasteiger charge is 2.37. The lowest BCUT2D eigenvalue weighted by Crippen LogP contribution is -2.31. The van der Waals surface area contributed by atoms with Crippen LogP contribution in [0.25, 0.3) is 0 Å². The molecule has 0 aliphatic carbocycles. The Morgan fingerprint density at radius 1 is 1.32 bits per heavy atom. The Morgan fingerprint density at radius 3 is 2.63 bits per heavy atom. The van der Waals surface area contributed by atoms with Crippen molar-refractivity contribution in [1.29, 1.82) is 0 Å². The highest BCUT2D eigenvalue weighted by molar-refractivity contribution is 9.10. The van der Waals surface area contributed by atoms with Crippen LogP contribution in [0.15, 0.2) is 28.7 Å². The van der Waals surface area contributed by atoms with E-state index in [0.717, 1.165) is 11.0 Å². The molecule has 1 aromatic carbocycles. The van der Waals surface area contributed by atoms with Gasteiger partial charge in [-0.25, -0.2) is 0 Å². The van der Waals surface area contributed by atoms with Crippen LogP contribution in [0.2, 0.25) is 0 Å². The Labute approximate surface area is 122 Å². The number of carbonyl (C=O) groups excluding carboxylic acids is 1. The van der Waals surface area contributed by atoms with Gasteiger partial charge in [-0.05, 0) is 32.4 Å². The first-order chi connectivity index (χ1) is 8.88. The number of halogens is 1. The van der Waals surface area contributed by atoms with Crippen LogP contribution in [0.1, 0.15) is 32.3 Å². The molecule has 0 aromatic heterocycles. The van der Waals surface area contributed by atoms with Crippen molar-refractivity contribution in [2.45, 2.75) is 32.3 Å². The number of nitrogens with one attached hydrogen (secondary N) is 1. The SMILES string of the molecule is CC(C)(C)OC(=O)[C@@H]1CNC[C@H]1c1ccccc1Br. The first kappa shape index (κ1) is 14.5. The topological polar surface area (TPSA) is 38.3 Å². The maximum atomic E-state index is 12.3. The highest BCUT2D eigenvalue weighted by Crippen LogP contribution is 2.34. The van der Waals surface area contributed by atoms with Gasteiger partial charge in [-0.15, -0.1) is 0 Å². The van der Waals surface area contributed by atoms with Crippen molar-refractivity contribution in [3.05, 3.63) is 34.3 Å². The van der Waals surface area contributed by atoms with Gasteiger partial charge < -0.3 is 10.1 Å². The van der Waals surface area contributed by atoms with Gasteiger partial charge in [0.05, 0.1) is 5.92 Å². The molecule has 0 unspecified atom stereocenters. The lowest BCUT2D eigenvalue weighted by atomic mass is 9.89. The quantitative estimate of drug-likeness (QED) is 0.849. The van der Waals surface area contributed by atoms with Crippen molar-refractivity contribution in [1.82, 2.24) is 5.32 Å². The van der Waals surface area contributed by atoms with Gasteiger partial charge in [-0.1, -0.05) is 34.1 Å². The molecule has 0 saturated carbocycles. The van der Waals surface area contributed by atoms with Crippen molar-refractivity contribution in [3.63, 3.8) is 0 Å². The molecule has 19 heavy (non-hydrogen) atoms. The molecule has 1 heterocycles. The van der Waals surface area contributed by atoms with Crippen molar-refractivity contribution in [2.75, 3.05) is 13.1 Å². The average Bonchev–Trinajstić information content (AvgIpc) is 2.76. The van der Waals surface area contributed by atoms with Crippen LogP contribution in [0.5, 0.6) is 0 Å². The number of hydrogen-bond acceptors (Lipinski definition) is 3. The number of benzene rings is 1. The van der Waals surface area contributed by atoms with Gasteiger partial charge >= 0.3 is 5.97 Å². The molecule has 3 nitrogen and oxygen atoms in total. The maximum absolute atomic E-state index is 12.3. The summed E-state index contributed by atoms with van der Waals surface area (Å²) in [5, 5.41) is 3.29. The highest BCUT2D eigenvalue weighted by atomic mass is 79.9. The predicted octanol–water partition coefficient (Wildman–Crippen LogP) is 3.09. The molecule has 1 aromatic rings. The summed E-state index contributed by atoms with van der Waals surface area (Å²) in [6.07, 6.45) is 0. The Bertz CT molecular complexity index is 467. The number of rotatable bonds is 2. The van der Waals surface area contributed by atoms with Crippen molar-refractivity contribution < 1.29 is 9.53 Å². The maximum Gasteiger partial charge on any atom is 0.311 e. The normalized spacial score (nSPS) is 23.4. The predicted molar refractivity (Wildman–Crippen MR) is 79.1 cm³/mol. The number of ether oxygens (including phenoxy) is 1. The van der Waals surface area contributed by atoms with Crippen LogP contribution >= 0.6 is 15.9 Å². The summed E-state index contributed by atoms with van der Waals surface area (Å²) >= 11 is 3.56. The van der Waals surface area contributed by atoms with Gasteiger partial charge in [0, 0.05) is 23.5 Å². The van der Waals surface area contributed by atoms with E-state index < -0.39 is 5.60 Å². The summed E-state index contributed by atoms with van der Waals surface area (Å²) in [5.74, 6) is -0.0541. The summed E-state index contributed by atoms with van der Waals surface area (Å²) in [5.41, 5.74) is 0.737. The van der Waals surface area contributed by atoms with E-state index in [0.29, 0.717) is 6.54 Å². The Hall–Kier alpha value is -0.870. The number of carbonyl (C=O) groups is 1. The fourth-order valence-corrected chi connectivity index (χ4v) is 2.99. The van der Waals surface area contributed by atoms with E-state index in [1.807, 2.05) is 39.0 Å². The van der Waals surface area contributed by atoms with E-state index in [1.165, 1.54) is 5.56 Å². The van der Waals surface area contributed by atoms with E-state index in [1.54, 1.807) is 0 Å². The minimum Gasteiger partial charge on any atom is -0.460 e. The zero-order valence-corrected chi connectivity index (χ0v) is 13.2. The van der Waals surface area contributed by atoms with E-state index in [4.69, 9.17) is 4.74 Å². The second-order valence-electron chi connectivity index (χ2n) is 5.93. The molecule has 1 aliphatic rings. The molecule has 1 aliphatic heterocycles. The summed E-state index contributed by atoms with van der Waals surface area (Å²) in [7, 11) is 0. The second kappa shape index (κ2) is 5.63. The molecular formula is C15H20BrNO2. The van der Waals surface area contributed by atoms with Crippen LogP contribution < -0.4 is 5.32 Å². The molecule has 1 N–H and O–H groups in total. The largest absolute Gasteiger partial charge is 0.460 e. The second-order valence-corrected chi connectivity index (χ2v) is 6.78. The van der Waals surface area contributed by atoms with Crippen LogP contribution in [-0.4, -0.2) is 24.7 Å². The molecule has 104 valence electrons. The molecule has 4 heteroatoms. The molecule has 2 rings (SSSR count). The fourth-order valence-electron chi connectivity index (χ4n) is 2.41. The van der Waals surface area contributed by atoms with Gasteiger partial charge in [-0.3, -0.25) is 4.79 Å². The van der Waals surface area contributed by atoms with Gasteiger partial charge in [-0.2, -0.15) is 0 Å². The smallest absolute Gasteiger partial charge is 0.311 e. The molecule has 1 fully saturated rings. The summed E-state index contributed by atoms with van der Waals surface area (Å²) in [6, 6.07) is 8.07. The van der Waals surface area contributed by atoms with Crippen LogP contribution in [0.4, 0.5) is 0 Å². The van der Waals surface area contributed by atoms with Gasteiger partial charge in [0.15, 0.2) is 0 Å². The fraction of sp³-hybridized carbons (Fsp3) is 0.533. The van der Waals surface area contributed by atoms with Gasteiger partial charge in [0.25, 0.3) is 0 Å². The molecular weight excluding hydrogens is 306 g/mol.